The lowest BCUT2D eigenvalue weighted by Crippen LogP contribution is -2.26. The van der Waals surface area contributed by atoms with Crippen LogP contribution in [0.3, 0.4) is 0 Å². The molecular weight excluding hydrogens is 244 g/mol. The summed E-state index contributed by atoms with van der Waals surface area (Å²) in [6.07, 6.45) is 6.99. The SMILES string of the molecule is CNCC1CCCCCC1Cc1cc(F)cc(F)c1. The Labute approximate surface area is 114 Å². The van der Waals surface area contributed by atoms with E-state index in [1.807, 2.05) is 7.05 Å². The third kappa shape index (κ3) is 4.27. The predicted molar refractivity (Wildman–Crippen MR) is 74.1 cm³/mol. The molecule has 1 aromatic carbocycles. The van der Waals surface area contributed by atoms with Crippen LogP contribution in [0.4, 0.5) is 8.78 Å². The quantitative estimate of drug-likeness (QED) is 0.815. The van der Waals surface area contributed by atoms with Crippen molar-refractivity contribution < 1.29 is 8.78 Å². The van der Waals surface area contributed by atoms with Crippen molar-refractivity contribution in [2.24, 2.45) is 11.8 Å². The zero-order chi connectivity index (χ0) is 13.7. The monoisotopic (exact) mass is 267 g/mol. The molecule has 3 heteroatoms. The third-order valence-corrected chi connectivity index (χ3v) is 4.20. The average molecular weight is 267 g/mol. The van der Waals surface area contributed by atoms with Gasteiger partial charge in [0.25, 0.3) is 0 Å². The second kappa shape index (κ2) is 6.99. The molecule has 0 aliphatic heterocycles. The van der Waals surface area contributed by atoms with Crippen LogP contribution >= 0.6 is 0 Å². The van der Waals surface area contributed by atoms with Gasteiger partial charge in [0, 0.05) is 6.07 Å². The fourth-order valence-electron chi connectivity index (χ4n) is 3.29. The van der Waals surface area contributed by atoms with Gasteiger partial charge in [-0.25, -0.2) is 8.78 Å². The highest BCUT2D eigenvalue weighted by atomic mass is 19.1. The van der Waals surface area contributed by atoms with Gasteiger partial charge in [0.05, 0.1) is 0 Å². The number of hydrogen-bond acceptors (Lipinski definition) is 1. The van der Waals surface area contributed by atoms with Crippen LogP contribution in [0.15, 0.2) is 18.2 Å². The minimum Gasteiger partial charge on any atom is -0.319 e. The van der Waals surface area contributed by atoms with E-state index in [2.05, 4.69) is 5.32 Å². The van der Waals surface area contributed by atoms with E-state index in [-0.39, 0.29) is 0 Å². The first-order chi connectivity index (χ1) is 9.19. The molecule has 19 heavy (non-hydrogen) atoms. The molecule has 0 radical (unpaired) electrons. The molecule has 0 bridgehead atoms. The van der Waals surface area contributed by atoms with Crippen LogP contribution in [0.2, 0.25) is 0 Å². The van der Waals surface area contributed by atoms with Gasteiger partial charge in [0.1, 0.15) is 11.6 Å². The summed E-state index contributed by atoms with van der Waals surface area (Å²) < 4.78 is 26.5. The van der Waals surface area contributed by atoms with Crippen LogP contribution in [-0.2, 0) is 6.42 Å². The van der Waals surface area contributed by atoms with E-state index in [4.69, 9.17) is 0 Å². The first-order valence-corrected chi connectivity index (χ1v) is 7.28. The summed E-state index contributed by atoms with van der Waals surface area (Å²) in [6, 6.07) is 3.90. The van der Waals surface area contributed by atoms with Crippen molar-refractivity contribution in [2.75, 3.05) is 13.6 Å². The molecule has 106 valence electrons. The van der Waals surface area contributed by atoms with Gasteiger partial charge < -0.3 is 5.32 Å². The highest BCUT2D eigenvalue weighted by molar-refractivity contribution is 5.18. The van der Waals surface area contributed by atoms with E-state index in [1.54, 1.807) is 0 Å². The zero-order valence-corrected chi connectivity index (χ0v) is 11.6. The Bertz CT molecular complexity index is 385. The number of rotatable bonds is 4. The Morgan fingerprint density at radius 2 is 1.63 bits per heavy atom. The molecule has 0 aromatic heterocycles. The van der Waals surface area contributed by atoms with Gasteiger partial charge in [-0.15, -0.1) is 0 Å². The van der Waals surface area contributed by atoms with Crippen LogP contribution in [-0.4, -0.2) is 13.6 Å². The normalized spacial score (nSPS) is 24.2. The van der Waals surface area contributed by atoms with Crippen molar-refractivity contribution >= 4 is 0 Å². The minimum atomic E-state index is -0.464. The molecule has 1 aliphatic rings. The van der Waals surface area contributed by atoms with Crippen LogP contribution < -0.4 is 5.32 Å². The number of halogens is 2. The van der Waals surface area contributed by atoms with Crippen molar-refractivity contribution in [1.82, 2.24) is 5.32 Å². The van der Waals surface area contributed by atoms with Gasteiger partial charge in [-0.05, 0) is 62.4 Å². The van der Waals surface area contributed by atoms with Gasteiger partial charge in [-0.3, -0.25) is 0 Å². The summed E-state index contributed by atoms with van der Waals surface area (Å²) >= 11 is 0. The third-order valence-electron chi connectivity index (χ3n) is 4.20. The maximum absolute atomic E-state index is 13.3. The molecular formula is C16H23F2N. The molecule has 2 rings (SSSR count). The Balaban J connectivity index is 2.08. The Kier molecular flexibility index (Phi) is 5.32. The van der Waals surface area contributed by atoms with E-state index >= 15 is 0 Å². The second-order valence-corrected chi connectivity index (χ2v) is 5.70. The number of nitrogens with one attached hydrogen (secondary N) is 1. The van der Waals surface area contributed by atoms with Crippen molar-refractivity contribution in [3.63, 3.8) is 0 Å². The standard InChI is InChI=1S/C16H23F2N/c1-19-11-14-6-4-2-3-5-13(14)7-12-8-15(17)10-16(18)9-12/h8-10,13-14,19H,2-7,11H2,1H3. The minimum absolute atomic E-state index is 0.464. The second-order valence-electron chi connectivity index (χ2n) is 5.70. The van der Waals surface area contributed by atoms with E-state index in [0.29, 0.717) is 11.8 Å². The molecule has 0 amide bonds. The molecule has 2 unspecified atom stereocenters. The topological polar surface area (TPSA) is 12.0 Å². The summed E-state index contributed by atoms with van der Waals surface area (Å²) in [7, 11) is 1.98. The molecule has 1 fully saturated rings. The fraction of sp³-hybridized carbons (Fsp3) is 0.625. The summed E-state index contributed by atoms with van der Waals surface area (Å²) in [6.45, 7) is 1.00. The number of benzene rings is 1. The molecule has 1 aliphatic carbocycles. The lowest BCUT2D eigenvalue weighted by Gasteiger charge is -2.25. The summed E-state index contributed by atoms with van der Waals surface area (Å²) in [4.78, 5) is 0. The van der Waals surface area contributed by atoms with Crippen molar-refractivity contribution in [3.8, 4) is 0 Å². The van der Waals surface area contributed by atoms with Crippen LogP contribution in [0, 0.1) is 23.5 Å². The Morgan fingerprint density at radius 1 is 1.00 bits per heavy atom. The van der Waals surface area contributed by atoms with Gasteiger partial charge in [0.2, 0.25) is 0 Å². The van der Waals surface area contributed by atoms with Gasteiger partial charge >= 0.3 is 0 Å². The molecule has 0 saturated heterocycles. The highest BCUT2D eigenvalue weighted by Gasteiger charge is 2.23. The van der Waals surface area contributed by atoms with Gasteiger partial charge in [0.15, 0.2) is 0 Å². The molecule has 0 heterocycles. The Morgan fingerprint density at radius 3 is 2.26 bits per heavy atom. The van der Waals surface area contributed by atoms with E-state index < -0.39 is 11.6 Å². The van der Waals surface area contributed by atoms with Gasteiger partial charge in [-0.2, -0.15) is 0 Å². The average Bonchev–Trinajstić information content (AvgIpc) is 2.55. The smallest absolute Gasteiger partial charge is 0.126 e. The first-order valence-electron chi connectivity index (χ1n) is 7.28. The Hall–Kier alpha value is -0.960. The fourth-order valence-corrected chi connectivity index (χ4v) is 3.29. The van der Waals surface area contributed by atoms with E-state index in [9.17, 15) is 8.78 Å². The van der Waals surface area contributed by atoms with Crippen molar-refractivity contribution in [2.45, 2.75) is 38.5 Å². The molecule has 1 aromatic rings. The molecule has 1 N–H and O–H groups in total. The van der Waals surface area contributed by atoms with Crippen LogP contribution in [0.1, 0.15) is 37.7 Å². The molecule has 0 spiro atoms. The maximum Gasteiger partial charge on any atom is 0.126 e. The summed E-state index contributed by atoms with van der Waals surface area (Å²) in [5.41, 5.74) is 0.797. The molecule has 1 saturated carbocycles. The molecule has 2 atom stereocenters. The lowest BCUT2D eigenvalue weighted by atomic mass is 9.83. The lowest BCUT2D eigenvalue weighted by molar-refractivity contribution is 0.303. The van der Waals surface area contributed by atoms with Crippen LogP contribution in [0.25, 0.3) is 0 Å². The largest absolute Gasteiger partial charge is 0.319 e. The highest BCUT2D eigenvalue weighted by Crippen LogP contribution is 2.31. The maximum atomic E-state index is 13.3. The number of hydrogen-bond donors (Lipinski definition) is 1. The van der Waals surface area contributed by atoms with Crippen molar-refractivity contribution in [3.05, 3.63) is 35.4 Å². The van der Waals surface area contributed by atoms with Crippen LogP contribution in [0.5, 0.6) is 0 Å². The molecule has 1 nitrogen and oxygen atoms in total. The van der Waals surface area contributed by atoms with Crippen molar-refractivity contribution in [1.29, 1.82) is 0 Å². The summed E-state index contributed by atoms with van der Waals surface area (Å²) in [5, 5.41) is 3.26. The zero-order valence-electron chi connectivity index (χ0n) is 11.6. The van der Waals surface area contributed by atoms with E-state index in [0.717, 1.165) is 24.6 Å². The van der Waals surface area contributed by atoms with Gasteiger partial charge in [-0.1, -0.05) is 19.3 Å². The summed E-state index contributed by atoms with van der Waals surface area (Å²) in [5.74, 6) is 0.234. The van der Waals surface area contributed by atoms with E-state index in [1.165, 1.54) is 44.2 Å². The predicted octanol–water partition coefficient (Wildman–Crippen LogP) is 3.92. The first kappa shape index (κ1) is 14.4.